The van der Waals surface area contributed by atoms with Crippen molar-refractivity contribution in [3.8, 4) is 5.69 Å². The molecule has 0 aliphatic carbocycles. The van der Waals surface area contributed by atoms with Gasteiger partial charge in [0.1, 0.15) is 0 Å². The van der Waals surface area contributed by atoms with Gasteiger partial charge in [0.15, 0.2) is 0 Å². The summed E-state index contributed by atoms with van der Waals surface area (Å²) >= 11 is 0. The number of nitro groups is 1. The molecule has 1 atom stereocenters. The number of anilines is 1. The summed E-state index contributed by atoms with van der Waals surface area (Å²) in [6, 6.07) is 20.2. The number of aromatic nitrogens is 2. The van der Waals surface area contributed by atoms with Gasteiger partial charge in [0, 0.05) is 46.8 Å². The number of hydrogen-bond donors (Lipinski definition) is 2. The molecule has 4 aromatic rings. The quantitative estimate of drug-likeness (QED) is 0.265. The Balaban J connectivity index is 1.54. The molecule has 0 saturated heterocycles. The van der Waals surface area contributed by atoms with E-state index in [1.54, 1.807) is 60.8 Å². The second-order valence-corrected chi connectivity index (χ2v) is 8.88. The summed E-state index contributed by atoms with van der Waals surface area (Å²) in [6.07, 6.45) is 3.04. The van der Waals surface area contributed by atoms with Crippen molar-refractivity contribution in [1.29, 1.82) is 0 Å². The summed E-state index contributed by atoms with van der Waals surface area (Å²) in [5.41, 5.74) is 1.29. The minimum atomic E-state index is -3.90. The third-order valence-electron chi connectivity index (χ3n) is 4.74. The summed E-state index contributed by atoms with van der Waals surface area (Å²) in [5, 5.41) is 13.7. The molecule has 1 aromatic heterocycles. The van der Waals surface area contributed by atoms with E-state index in [4.69, 9.17) is 0 Å². The maximum atomic E-state index is 13.1. The van der Waals surface area contributed by atoms with E-state index in [0.717, 1.165) is 0 Å². The lowest BCUT2D eigenvalue weighted by Gasteiger charge is -2.14. The van der Waals surface area contributed by atoms with Gasteiger partial charge >= 0.3 is 0 Å². The molecule has 3 aromatic carbocycles. The highest BCUT2D eigenvalue weighted by Gasteiger charge is 2.29. The van der Waals surface area contributed by atoms with Crippen molar-refractivity contribution >= 4 is 35.5 Å². The molecule has 0 aliphatic rings. The summed E-state index contributed by atoms with van der Waals surface area (Å²) in [5.74, 6) is -0.417. The van der Waals surface area contributed by atoms with E-state index >= 15 is 0 Å². The zero-order chi connectivity index (χ0) is 22.7. The van der Waals surface area contributed by atoms with Gasteiger partial charge in [-0.2, -0.15) is 0 Å². The van der Waals surface area contributed by atoms with Crippen LogP contribution in [-0.2, 0) is 4.57 Å². The first-order valence-corrected chi connectivity index (χ1v) is 11.1. The Labute approximate surface area is 182 Å². The number of nitro benzene ring substituents is 1. The molecule has 0 radical (unpaired) electrons. The normalized spacial score (nSPS) is 12.7. The summed E-state index contributed by atoms with van der Waals surface area (Å²) < 4.78 is 14.6. The first-order valence-electron chi connectivity index (χ1n) is 9.45. The number of rotatable bonds is 6. The molecule has 160 valence electrons. The fourth-order valence-corrected chi connectivity index (χ4v) is 4.61. The molecule has 0 aliphatic heterocycles. The second-order valence-electron chi connectivity index (χ2n) is 6.81. The van der Waals surface area contributed by atoms with Crippen molar-refractivity contribution in [3.05, 3.63) is 107 Å². The van der Waals surface area contributed by atoms with Gasteiger partial charge in [-0.25, -0.2) is 4.98 Å². The van der Waals surface area contributed by atoms with Gasteiger partial charge in [-0.1, -0.05) is 18.2 Å². The van der Waals surface area contributed by atoms with Crippen LogP contribution in [0.3, 0.4) is 0 Å². The van der Waals surface area contributed by atoms with Crippen LogP contribution < -0.4 is 16.2 Å². The second kappa shape index (κ2) is 8.58. The SMILES string of the molecule is O=C(Nc1ccc(-n2ccnc2P(=O)(O)c2ccccc2)cc1)c1ccc([N+](=O)[O-])cc1. The summed E-state index contributed by atoms with van der Waals surface area (Å²) in [4.78, 5) is 37.4. The lowest BCUT2D eigenvalue weighted by molar-refractivity contribution is -0.384. The van der Waals surface area contributed by atoms with E-state index in [1.807, 2.05) is 0 Å². The van der Waals surface area contributed by atoms with E-state index < -0.39 is 18.2 Å². The molecule has 4 rings (SSSR count). The van der Waals surface area contributed by atoms with E-state index in [2.05, 4.69) is 10.3 Å². The molecule has 2 N–H and O–H groups in total. The van der Waals surface area contributed by atoms with E-state index in [9.17, 15) is 24.4 Å². The van der Waals surface area contributed by atoms with Crippen LogP contribution in [0.5, 0.6) is 0 Å². The van der Waals surface area contributed by atoms with Crippen LogP contribution in [0.2, 0.25) is 0 Å². The van der Waals surface area contributed by atoms with E-state index in [-0.39, 0.29) is 22.1 Å². The van der Waals surface area contributed by atoms with Crippen LogP contribution in [-0.4, -0.2) is 25.3 Å². The number of carbonyl (C=O) groups excluding carboxylic acids is 1. The van der Waals surface area contributed by atoms with Gasteiger partial charge in [0.05, 0.1) is 4.92 Å². The monoisotopic (exact) mass is 448 g/mol. The van der Waals surface area contributed by atoms with Gasteiger partial charge in [0.2, 0.25) is 5.57 Å². The van der Waals surface area contributed by atoms with Crippen LogP contribution in [0, 0.1) is 10.1 Å². The molecular weight excluding hydrogens is 431 g/mol. The Bertz CT molecular complexity index is 1320. The number of non-ortho nitro benzene ring substituents is 1. The van der Waals surface area contributed by atoms with Crippen LogP contribution in [0.1, 0.15) is 10.4 Å². The number of imidazole rings is 1. The molecule has 1 heterocycles. The number of hydrogen-bond acceptors (Lipinski definition) is 5. The standard InChI is InChI=1S/C22H17N4O5P/c27-21(16-6-10-19(11-7-16)26(28)29)24-17-8-12-18(13-9-17)25-15-14-23-22(25)32(30,31)20-4-2-1-3-5-20/h1-15H,(H,24,27)(H,30,31). The van der Waals surface area contributed by atoms with Crippen LogP contribution in [0.15, 0.2) is 91.3 Å². The maximum absolute atomic E-state index is 13.1. The van der Waals surface area contributed by atoms with E-state index in [0.29, 0.717) is 11.4 Å². The van der Waals surface area contributed by atoms with Crippen LogP contribution in [0.4, 0.5) is 11.4 Å². The summed E-state index contributed by atoms with van der Waals surface area (Å²) in [7, 11) is -3.90. The van der Waals surface area contributed by atoms with Crippen LogP contribution >= 0.6 is 7.37 Å². The lowest BCUT2D eigenvalue weighted by Crippen LogP contribution is -2.24. The summed E-state index contributed by atoms with van der Waals surface area (Å²) in [6.45, 7) is 0. The molecular formula is C22H17N4O5P. The fraction of sp³-hybridized carbons (Fsp3) is 0. The topological polar surface area (TPSA) is 127 Å². The Morgan fingerprint density at radius 1 is 1.00 bits per heavy atom. The Morgan fingerprint density at radius 3 is 2.28 bits per heavy atom. The molecule has 0 fully saturated rings. The average molecular weight is 448 g/mol. The van der Waals surface area contributed by atoms with Crippen molar-refractivity contribution in [3.63, 3.8) is 0 Å². The zero-order valence-corrected chi connectivity index (χ0v) is 17.4. The molecule has 0 bridgehead atoms. The molecule has 1 unspecified atom stereocenters. The van der Waals surface area contributed by atoms with Crippen molar-refractivity contribution in [2.24, 2.45) is 0 Å². The number of carbonyl (C=O) groups is 1. The van der Waals surface area contributed by atoms with E-state index in [1.165, 1.54) is 35.0 Å². The first-order chi connectivity index (χ1) is 15.4. The van der Waals surface area contributed by atoms with Crippen LogP contribution in [0.25, 0.3) is 5.69 Å². The number of amides is 1. The van der Waals surface area contributed by atoms with Gasteiger partial charge in [-0.05, 0) is 48.5 Å². The molecule has 10 heteroatoms. The maximum Gasteiger partial charge on any atom is 0.293 e. The molecule has 0 saturated carbocycles. The highest BCUT2D eigenvalue weighted by atomic mass is 31.2. The molecule has 9 nitrogen and oxygen atoms in total. The van der Waals surface area contributed by atoms with Gasteiger partial charge < -0.3 is 10.2 Å². The lowest BCUT2D eigenvalue weighted by atomic mass is 10.2. The highest BCUT2D eigenvalue weighted by Crippen LogP contribution is 2.37. The predicted octanol–water partition coefficient (Wildman–Crippen LogP) is 3.25. The minimum Gasteiger partial charge on any atom is -0.336 e. The number of nitrogens with zero attached hydrogens (tertiary/aromatic N) is 3. The van der Waals surface area contributed by atoms with Crippen molar-refractivity contribution in [1.82, 2.24) is 9.55 Å². The van der Waals surface area contributed by atoms with Crippen molar-refractivity contribution in [2.75, 3.05) is 5.32 Å². The van der Waals surface area contributed by atoms with Gasteiger partial charge in [-0.15, -0.1) is 0 Å². The Hall–Kier alpha value is -4.07. The highest BCUT2D eigenvalue weighted by molar-refractivity contribution is 7.73. The average Bonchev–Trinajstić information content (AvgIpc) is 3.31. The Morgan fingerprint density at radius 2 is 1.66 bits per heavy atom. The zero-order valence-electron chi connectivity index (χ0n) is 16.5. The van der Waals surface area contributed by atoms with Crippen molar-refractivity contribution in [2.45, 2.75) is 0 Å². The minimum absolute atomic E-state index is 0.0198. The smallest absolute Gasteiger partial charge is 0.293 e. The molecule has 32 heavy (non-hydrogen) atoms. The van der Waals surface area contributed by atoms with Gasteiger partial charge in [-0.3, -0.25) is 24.0 Å². The number of benzene rings is 3. The predicted molar refractivity (Wildman–Crippen MR) is 120 cm³/mol. The third kappa shape index (κ3) is 4.20. The third-order valence-corrected chi connectivity index (χ3v) is 6.61. The molecule has 1 amide bonds. The fourth-order valence-electron chi connectivity index (χ4n) is 3.11. The van der Waals surface area contributed by atoms with Gasteiger partial charge in [0.25, 0.3) is 19.0 Å². The number of nitrogens with one attached hydrogen (secondary N) is 1. The first kappa shape index (κ1) is 21.2. The Kier molecular flexibility index (Phi) is 5.68. The van der Waals surface area contributed by atoms with Crippen molar-refractivity contribution < 1.29 is 19.2 Å². The molecule has 0 spiro atoms. The largest absolute Gasteiger partial charge is 0.336 e.